The highest BCUT2D eigenvalue weighted by molar-refractivity contribution is 7.92. The Kier molecular flexibility index (Phi) is 4.45. The molecular formula is C8H16N2O3S2. The number of rotatable bonds is 4. The number of hydrogen-bond donors (Lipinski definition) is 2. The standard InChI is InChI=1S/C8H16N2O3S2/c9-8(14)6-15(12,13)10-4-2-1-3-7(10)5-11/h7,11H,1-6H2,(H2,9,14). The van der Waals surface area contributed by atoms with Gasteiger partial charge in [-0.15, -0.1) is 0 Å². The van der Waals surface area contributed by atoms with Crippen molar-refractivity contribution in [3.8, 4) is 0 Å². The molecule has 1 aliphatic heterocycles. The Morgan fingerprint density at radius 2 is 2.20 bits per heavy atom. The first-order valence-electron chi connectivity index (χ1n) is 4.86. The minimum Gasteiger partial charge on any atom is -0.395 e. The summed E-state index contributed by atoms with van der Waals surface area (Å²) in [5.74, 6) is -0.307. The molecule has 3 N–H and O–H groups in total. The van der Waals surface area contributed by atoms with E-state index in [9.17, 15) is 8.42 Å². The zero-order valence-corrected chi connectivity index (χ0v) is 10.1. The molecule has 0 amide bonds. The number of thiocarbonyl (C=S) groups is 1. The number of sulfonamides is 1. The zero-order chi connectivity index (χ0) is 11.5. The van der Waals surface area contributed by atoms with E-state index >= 15 is 0 Å². The minimum absolute atomic E-state index is 0.0303. The third-order valence-corrected chi connectivity index (χ3v) is 4.66. The van der Waals surface area contributed by atoms with Crippen LogP contribution in [0.15, 0.2) is 0 Å². The van der Waals surface area contributed by atoms with E-state index in [-0.39, 0.29) is 23.4 Å². The van der Waals surface area contributed by atoms with Gasteiger partial charge in [0.25, 0.3) is 0 Å². The van der Waals surface area contributed by atoms with E-state index in [4.69, 9.17) is 10.8 Å². The van der Waals surface area contributed by atoms with Crippen LogP contribution in [-0.4, -0.2) is 47.8 Å². The van der Waals surface area contributed by atoms with Crippen LogP contribution in [0.5, 0.6) is 0 Å². The van der Waals surface area contributed by atoms with Crippen LogP contribution in [0, 0.1) is 0 Å². The Balaban J connectivity index is 2.79. The van der Waals surface area contributed by atoms with Crippen LogP contribution in [0.4, 0.5) is 0 Å². The summed E-state index contributed by atoms with van der Waals surface area (Å²) in [5, 5.41) is 9.09. The lowest BCUT2D eigenvalue weighted by Crippen LogP contribution is -2.47. The lowest BCUT2D eigenvalue weighted by Gasteiger charge is -2.33. The van der Waals surface area contributed by atoms with Gasteiger partial charge in [0.05, 0.1) is 11.6 Å². The van der Waals surface area contributed by atoms with Crippen LogP contribution in [0.3, 0.4) is 0 Å². The molecule has 0 bridgehead atoms. The van der Waals surface area contributed by atoms with Crippen molar-refractivity contribution in [1.29, 1.82) is 0 Å². The van der Waals surface area contributed by atoms with Crippen molar-refractivity contribution >= 4 is 27.2 Å². The first kappa shape index (κ1) is 12.8. The number of hydrogen-bond acceptors (Lipinski definition) is 4. The second-order valence-electron chi connectivity index (χ2n) is 3.67. The van der Waals surface area contributed by atoms with Gasteiger partial charge in [-0.05, 0) is 12.8 Å². The molecule has 1 aliphatic rings. The molecule has 0 saturated carbocycles. The van der Waals surface area contributed by atoms with Gasteiger partial charge >= 0.3 is 0 Å². The van der Waals surface area contributed by atoms with Crippen LogP contribution >= 0.6 is 12.2 Å². The Labute approximate surface area is 95.3 Å². The maximum Gasteiger partial charge on any atom is 0.220 e. The Morgan fingerprint density at radius 3 is 2.73 bits per heavy atom. The summed E-state index contributed by atoms with van der Waals surface area (Å²) < 4.78 is 25.0. The smallest absolute Gasteiger partial charge is 0.220 e. The molecule has 0 aliphatic carbocycles. The van der Waals surface area contributed by atoms with Gasteiger partial charge in [0.1, 0.15) is 5.75 Å². The predicted molar refractivity (Wildman–Crippen MR) is 62.0 cm³/mol. The van der Waals surface area contributed by atoms with E-state index in [0.717, 1.165) is 12.8 Å². The van der Waals surface area contributed by atoms with Gasteiger partial charge in [-0.3, -0.25) is 0 Å². The van der Waals surface area contributed by atoms with Gasteiger partial charge in [-0.2, -0.15) is 4.31 Å². The summed E-state index contributed by atoms with van der Waals surface area (Å²) in [4.78, 5) is -0.0303. The van der Waals surface area contributed by atoms with Crippen molar-refractivity contribution in [1.82, 2.24) is 4.31 Å². The predicted octanol–water partition coefficient (Wildman–Crippen LogP) is -0.551. The second kappa shape index (κ2) is 5.20. The van der Waals surface area contributed by atoms with E-state index in [0.29, 0.717) is 13.0 Å². The highest BCUT2D eigenvalue weighted by atomic mass is 32.2. The fraction of sp³-hybridized carbons (Fsp3) is 0.875. The zero-order valence-electron chi connectivity index (χ0n) is 8.42. The number of nitrogens with two attached hydrogens (primary N) is 1. The topological polar surface area (TPSA) is 83.6 Å². The van der Waals surface area contributed by atoms with E-state index in [2.05, 4.69) is 12.2 Å². The summed E-state index contributed by atoms with van der Waals surface area (Å²) in [5.41, 5.74) is 5.24. The quantitative estimate of drug-likeness (QED) is 0.656. The molecule has 7 heteroatoms. The lowest BCUT2D eigenvalue weighted by molar-refractivity contribution is 0.155. The fourth-order valence-electron chi connectivity index (χ4n) is 1.79. The van der Waals surface area contributed by atoms with Gasteiger partial charge < -0.3 is 10.8 Å². The molecule has 1 heterocycles. The number of aliphatic hydroxyl groups is 1. The van der Waals surface area contributed by atoms with Crippen molar-refractivity contribution < 1.29 is 13.5 Å². The van der Waals surface area contributed by atoms with Gasteiger partial charge in [0.15, 0.2) is 0 Å². The van der Waals surface area contributed by atoms with Crippen LogP contribution in [0.25, 0.3) is 0 Å². The normalized spacial score (nSPS) is 23.9. The summed E-state index contributed by atoms with van der Waals surface area (Å²) in [6, 6.07) is -0.307. The van der Waals surface area contributed by atoms with E-state index in [1.807, 2.05) is 0 Å². The number of aliphatic hydroxyl groups excluding tert-OH is 1. The van der Waals surface area contributed by atoms with Crippen LogP contribution in [0.2, 0.25) is 0 Å². The molecule has 1 unspecified atom stereocenters. The third kappa shape index (κ3) is 3.37. The first-order valence-corrected chi connectivity index (χ1v) is 6.88. The molecule has 1 rings (SSSR count). The lowest BCUT2D eigenvalue weighted by atomic mass is 10.1. The maximum atomic E-state index is 11.8. The fourth-order valence-corrected chi connectivity index (χ4v) is 3.79. The molecule has 0 aromatic heterocycles. The van der Waals surface area contributed by atoms with Crippen molar-refractivity contribution in [3.63, 3.8) is 0 Å². The molecule has 0 aromatic rings. The highest BCUT2D eigenvalue weighted by Crippen LogP contribution is 2.20. The van der Waals surface area contributed by atoms with Crippen molar-refractivity contribution in [3.05, 3.63) is 0 Å². The van der Waals surface area contributed by atoms with Crippen molar-refractivity contribution in [2.45, 2.75) is 25.3 Å². The highest BCUT2D eigenvalue weighted by Gasteiger charge is 2.31. The number of nitrogens with zero attached hydrogens (tertiary/aromatic N) is 1. The minimum atomic E-state index is -3.44. The molecule has 1 fully saturated rings. The molecule has 0 aromatic carbocycles. The Morgan fingerprint density at radius 1 is 1.53 bits per heavy atom. The van der Waals surface area contributed by atoms with Crippen LogP contribution in [0.1, 0.15) is 19.3 Å². The SMILES string of the molecule is NC(=S)CS(=O)(=O)N1CCCCC1CO. The first-order chi connectivity index (χ1) is 6.97. The van der Waals surface area contributed by atoms with Gasteiger partial charge in [-0.1, -0.05) is 18.6 Å². The summed E-state index contributed by atoms with van der Waals surface area (Å²) in [7, 11) is -3.44. The molecule has 5 nitrogen and oxygen atoms in total. The van der Waals surface area contributed by atoms with E-state index in [1.54, 1.807) is 0 Å². The molecule has 88 valence electrons. The van der Waals surface area contributed by atoms with Crippen molar-refractivity contribution in [2.75, 3.05) is 18.9 Å². The van der Waals surface area contributed by atoms with Crippen molar-refractivity contribution in [2.24, 2.45) is 5.73 Å². The molecule has 1 atom stereocenters. The van der Waals surface area contributed by atoms with Gasteiger partial charge in [-0.25, -0.2) is 8.42 Å². The van der Waals surface area contributed by atoms with Gasteiger partial charge in [0.2, 0.25) is 10.0 Å². The molecule has 1 saturated heterocycles. The van der Waals surface area contributed by atoms with Crippen LogP contribution < -0.4 is 5.73 Å². The molecule has 15 heavy (non-hydrogen) atoms. The van der Waals surface area contributed by atoms with E-state index in [1.165, 1.54) is 4.31 Å². The average molecular weight is 252 g/mol. The van der Waals surface area contributed by atoms with Crippen LogP contribution in [-0.2, 0) is 10.0 Å². The van der Waals surface area contributed by atoms with E-state index < -0.39 is 10.0 Å². The molecule has 0 radical (unpaired) electrons. The molecule has 0 spiro atoms. The largest absolute Gasteiger partial charge is 0.395 e. The van der Waals surface area contributed by atoms with Gasteiger partial charge in [0, 0.05) is 12.6 Å². The summed E-state index contributed by atoms with van der Waals surface area (Å²) in [6.07, 6.45) is 2.48. The maximum absolute atomic E-state index is 11.8. The summed E-state index contributed by atoms with van der Waals surface area (Å²) in [6.45, 7) is 0.312. The Bertz CT molecular complexity index is 329. The third-order valence-electron chi connectivity index (χ3n) is 2.47. The monoisotopic (exact) mass is 252 g/mol. The molecular weight excluding hydrogens is 236 g/mol. The summed E-state index contributed by atoms with van der Waals surface area (Å²) >= 11 is 4.60. The Hall–Kier alpha value is -0.240. The second-order valence-corrected chi connectivity index (χ2v) is 6.11. The average Bonchev–Trinajstić information content (AvgIpc) is 2.16. The number of piperidine rings is 1.